The summed E-state index contributed by atoms with van der Waals surface area (Å²) >= 11 is 1.58. The second-order valence-electron chi connectivity index (χ2n) is 8.19. The van der Waals surface area contributed by atoms with E-state index < -0.39 is 5.97 Å². The van der Waals surface area contributed by atoms with Crippen molar-refractivity contribution in [2.75, 3.05) is 5.75 Å². The Hall–Kier alpha value is -2.79. The van der Waals surface area contributed by atoms with Crippen molar-refractivity contribution < 1.29 is 19.4 Å². The van der Waals surface area contributed by atoms with Crippen LogP contribution in [0.15, 0.2) is 85.0 Å². The number of allylic oxidation sites excluding steroid dienone is 10. The molecule has 0 saturated carbocycles. The number of hydrogen-bond acceptors (Lipinski definition) is 4. The van der Waals surface area contributed by atoms with Gasteiger partial charge in [0, 0.05) is 0 Å². The molecule has 1 N–H and O–H groups in total. The largest absolute Gasteiger partial charge is 0.478 e. The molecular weight excluding hydrogens is 468 g/mol. The maximum absolute atomic E-state index is 12.5. The molecule has 0 aliphatic rings. The first-order chi connectivity index (χ1) is 17.6. The van der Waals surface area contributed by atoms with Crippen molar-refractivity contribution in [2.45, 2.75) is 76.9 Å². The smallest absolute Gasteiger partial charge is 0.339 e. The third kappa shape index (κ3) is 15.3. The number of thioether (sulfide) groups is 1. The topological polar surface area (TPSA) is 63.6 Å². The number of esters is 1. The average Bonchev–Trinajstić information content (AvgIpc) is 2.87. The fourth-order valence-corrected chi connectivity index (χ4v) is 4.29. The number of rotatable bonds is 19. The molecule has 0 aliphatic heterocycles. The van der Waals surface area contributed by atoms with Gasteiger partial charge in [0.2, 0.25) is 0 Å². The minimum Gasteiger partial charge on any atom is -0.478 e. The number of hydrogen-bond donors (Lipinski definition) is 1. The molecule has 0 amide bonds. The van der Waals surface area contributed by atoms with E-state index >= 15 is 0 Å². The van der Waals surface area contributed by atoms with Gasteiger partial charge < -0.3 is 9.84 Å². The molecule has 0 spiro atoms. The van der Waals surface area contributed by atoms with Gasteiger partial charge in [-0.15, -0.1) is 11.8 Å². The molecule has 0 aliphatic carbocycles. The van der Waals surface area contributed by atoms with Crippen LogP contribution in [0.25, 0.3) is 0 Å². The van der Waals surface area contributed by atoms with E-state index in [1.54, 1.807) is 23.9 Å². The fraction of sp³-hybridized carbons (Fsp3) is 0.419. The predicted molar refractivity (Wildman–Crippen MR) is 154 cm³/mol. The van der Waals surface area contributed by atoms with Crippen molar-refractivity contribution in [3.63, 3.8) is 0 Å². The Labute approximate surface area is 221 Å². The first kappa shape index (κ1) is 31.2. The number of carbonyl (C=O) groups excluding carboxylic acids is 1. The minimum absolute atomic E-state index is 0.00256. The lowest BCUT2D eigenvalue weighted by atomic mass is 10.2. The van der Waals surface area contributed by atoms with Crippen molar-refractivity contribution in [3.8, 4) is 5.75 Å². The Balaban J connectivity index is 2.13. The van der Waals surface area contributed by atoms with E-state index in [-0.39, 0.29) is 22.5 Å². The summed E-state index contributed by atoms with van der Waals surface area (Å²) in [5.41, 5.74) is 0.00256. The Kier molecular flexibility index (Phi) is 18.6. The Morgan fingerprint density at radius 2 is 1.39 bits per heavy atom. The molecule has 36 heavy (non-hydrogen) atoms. The highest BCUT2D eigenvalue weighted by Crippen LogP contribution is 2.23. The van der Waals surface area contributed by atoms with Gasteiger partial charge in [0.1, 0.15) is 16.6 Å². The van der Waals surface area contributed by atoms with Crippen LogP contribution in [0, 0.1) is 0 Å². The molecule has 0 saturated heterocycles. The molecule has 1 aromatic rings. The molecule has 0 fully saturated rings. The summed E-state index contributed by atoms with van der Waals surface area (Å²) in [5.74, 6) is -0.505. The molecule has 196 valence electrons. The highest BCUT2D eigenvalue weighted by atomic mass is 32.2. The third-order valence-corrected chi connectivity index (χ3v) is 6.66. The van der Waals surface area contributed by atoms with E-state index in [0.717, 1.165) is 57.1 Å². The maximum atomic E-state index is 12.5. The van der Waals surface area contributed by atoms with Crippen LogP contribution >= 0.6 is 11.8 Å². The lowest BCUT2D eigenvalue weighted by Gasteiger charge is -2.14. The Morgan fingerprint density at radius 1 is 0.833 bits per heavy atom. The summed E-state index contributed by atoms with van der Waals surface area (Å²) in [4.78, 5) is 23.8. The Bertz CT molecular complexity index is 896. The summed E-state index contributed by atoms with van der Waals surface area (Å²) < 4.78 is 5.38. The van der Waals surface area contributed by atoms with E-state index in [9.17, 15) is 14.7 Å². The molecule has 0 radical (unpaired) electrons. The van der Waals surface area contributed by atoms with Gasteiger partial charge in [-0.05, 0) is 75.7 Å². The molecular formula is C31H42O4S. The first-order valence-corrected chi connectivity index (χ1v) is 14.1. The molecule has 5 heteroatoms. The second kappa shape index (κ2) is 21.5. The standard InChI is InChI=1S/C31H42O4S/c1-3-5-6-7-8-9-10-11-12-13-14-15-16-17-18-19-20-23-26-36-29(4-2)31(34)35-28-25-22-21-24-27(28)30(32)33/h5-6,8-9,11-12,14-15,17-18,21-22,24-25,29H,3-4,7,10,13,16,19-20,23,26H2,1-2H3,(H,32,33)/b6-5-,9-8-,12-11-,15-14-,18-17-. The van der Waals surface area contributed by atoms with Crippen LogP contribution in [0.3, 0.4) is 0 Å². The van der Waals surface area contributed by atoms with Gasteiger partial charge in [-0.3, -0.25) is 4.79 Å². The van der Waals surface area contributed by atoms with Crippen LogP contribution in [0.2, 0.25) is 0 Å². The van der Waals surface area contributed by atoms with Crippen LogP contribution in [-0.2, 0) is 4.79 Å². The maximum Gasteiger partial charge on any atom is 0.339 e. The lowest BCUT2D eigenvalue weighted by Crippen LogP contribution is -2.23. The first-order valence-electron chi connectivity index (χ1n) is 13.0. The average molecular weight is 511 g/mol. The van der Waals surface area contributed by atoms with Crippen LogP contribution < -0.4 is 4.74 Å². The van der Waals surface area contributed by atoms with Gasteiger partial charge in [0.25, 0.3) is 0 Å². The zero-order valence-corrected chi connectivity index (χ0v) is 22.6. The molecule has 0 heterocycles. The summed E-state index contributed by atoms with van der Waals surface area (Å²) in [5, 5.41) is 8.95. The Morgan fingerprint density at radius 3 is 1.94 bits per heavy atom. The quantitative estimate of drug-likeness (QED) is 0.0872. The lowest BCUT2D eigenvalue weighted by molar-refractivity contribution is -0.133. The summed E-state index contributed by atoms with van der Waals surface area (Å²) in [6, 6.07) is 6.24. The van der Waals surface area contributed by atoms with Gasteiger partial charge in [0.15, 0.2) is 0 Å². The van der Waals surface area contributed by atoms with E-state index in [1.165, 1.54) is 12.1 Å². The van der Waals surface area contributed by atoms with Crippen molar-refractivity contribution in [1.82, 2.24) is 0 Å². The van der Waals surface area contributed by atoms with Crippen LogP contribution in [0.4, 0.5) is 0 Å². The monoisotopic (exact) mass is 510 g/mol. The number of unbranched alkanes of at least 4 members (excludes halogenated alkanes) is 2. The van der Waals surface area contributed by atoms with Gasteiger partial charge in [-0.25, -0.2) is 4.79 Å². The molecule has 1 aromatic carbocycles. The van der Waals surface area contributed by atoms with Gasteiger partial charge in [-0.1, -0.05) is 86.7 Å². The summed E-state index contributed by atoms with van der Waals surface area (Å²) in [6.45, 7) is 4.09. The van der Waals surface area contributed by atoms with Crippen molar-refractivity contribution >= 4 is 23.7 Å². The number of carboxylic acids is 1. The van der Waals surface area contributed by atoms with E-state index in [1.807, 2.05) is 6.92 Å². The van der Waals surface area contributed by atoms with Gasteiger partial charge in [-0.2, -0.15) is 0 Å². The van der Waals surface area contributed by atoms with E-state index in [4.69, 9.17) is 4.74 Å². The molecule has 4 nitrogen and oxygen atoms in total. The van der Waals surface area contributed by atoms with E-state index in [0.29, 0.717) is 6.42 Å². The molecule has 0 aromatic heterocycles. The van der Waals surface area contributed by atoms with Crippen molar-refractivity contribution in [2.24, 2.45) is 0 Å². The SMILES string of the molecule is CC/C=C\C/C=C\C/C=C\C/C=C\C/C=C\CCCCSC(CC)C(=O)Oc1ccccc1C(=O)O. The zero-order valence-electron chi connectivity index (χ0n) is 21.8. The number of benzene rings is 1. The van der Waals surface area contributed by atoms with Crippen molar-refractivity contribution in [1.29, 1.82) is 0 Å². The molecule has 1 rings (SSSR count). The summed E-state index contributed by atoms with van der Waals surface area (Å²) in [6.07, 6.45) is 30.8. The normalized spacial score (nSPS) is 13.1. The molecule has 1 unspecified atom stereocenters. The number of ether oxygens (including phenoxy) is 1. The number of para-hydroxylation sites is 1. The minimum atomic E-state index is -1.10. The van der Waals surface area contributed by atoms with Crippen LogP contribution in [-0.4, -0.2) is 28.0 Å². The van der Waals surface area contributed by atoms with Crippen LogP contribution in [0.5, 0.6) is 5.75 Å². The third-order valence-electron chi connectivity index (χ3n) is 5.20. The van der Waals surface area contributed by atoms with Crippen LogP contribution in [0.1, 0.15) is 82.0 Å². The van der Waals surface area contributed by atoms with Gasteiger partial charge >= 0.3 is 11.9 Å². The molecule has 0 bridgehead atoms. The zero-order chi connectivity index (χ0) is 26.3. The number of aromatic carboxylic acids is 1. The number of carboxylic acid groups (broad SMARTS) is 1. The highest BCUT2D eigenvalue weighted by molar-refractivity contribution is 8.00. The highest BCUT2D eigenvalue weighted by Gasteiger charge is 2.21. The number of carbonyl (C=O) groups is 2. The molecule has 1 atom stereocenters. The van der Waals surface area contributed by atoms with E-state index in [2.05, 4.69) is 67.7 Å². The predicted octanol–water partition coefficient (Wildman–Crippen LogP) is 8.72. The fourth-order valence-electron chi connectivity index (χ4n) is 3.22. The van der Waals surface area contributed by atoms with Gasteiger partial charge in [0.05, 0.1) is 0 Å². The summed E-state index contributed by atoms with van der Waals surface area (Å²) in [7, 11) is 0. The van der Waals surface area contributed by atoms with Crippen molar-refractivity contribution in [3.05, 3.63) is 90.6 Å². The second-order valence-corrected chi connectivity index (χ2v) is 9.50.